The second-order valence-electron chi connectivity index (χ2n) is 22.4. The van der Waals surface area contributed by atoms with E-state index in [1.165, 1.54) is 56.1 Å². The number of rotatable bonds is 24. The van der Waals surface area contributed by atoms with Crippen molar-refractivity contribution in [1.82, 2.24) is 20.1 Å². The number of benzene rings is 6. The van der Waals surface area contributed by atoms with Crippen molar-refractivity contribution in [2.45, 2.75) is 75.4 Å². The SMILES string of the molecule is CC[C@H](C(=O)N1CCCC[C@H]1C(=O)O[C@H](CCc1ccc(OC)c(OC)c1)c1cccc(OCC(=O)NCCNC(=O)c2ccc(C(=O)[O-])c(-c3c4ccc(=[N+]5CC(F)(F)C5)cc-4oc4cc(N5CC(F)(F)C5)ccc34)c2)c1)c1cc(OC)c(OC)c(OC)c1. The van der Waals surface area contributed by atoms with Gasteiger partial charge in [-0.15, -0.1) is 0 Å². The highest BCUT2D eigenvalue weighted by Gasteiger charge is 2.50. The number of aromatic carboxylic acids is 1. The molecule has 4 aliphatic heterocycles. The van der Waals surface area contributed by atoms with Crippen molar-refractivity contribution >= 4 is 46.3 Å². The number of nitrogens with zero attached hydrogens (tertiary/aromatic N) is 3. The van der Waals surface area contributed by atoms with Gasteiger partial charge in [0.05, 0.1) is 66.6 Å². The third kappa shape index (κ3) is 13.8. The summed E-state index contributed by atoms with van der Waals surface area (Å²) in [6.45, 7) is -0.384. The Bertz CT molecular complexity index is 3870. The first kappa shape index (κ1) is 63.5. The molecule has 0 bridgehead atoms. The molecule has 3 atom stereocenters. The molecule has 5 aromatic carbocycles. The molecule has 19 nitrogen and oxygen atoms in total. The first-order valence-corrected chi connectivity index (χ1v) is 29.5. The summed E-state index contributed by atoms with van der Waals surface area (Å²) in [5.74, 6) is -7.21. The second kappa shape index (κ2) is 27.1. The van der Waals surface area contributed by atoms with E-state index in [2.05, 4.69) is 10.6 Å². The Morgan fingerprint density at radius 2 is 1.47 bits per heavy atom. The standard InChI is InChI=1S/C67H69F4N5O14/c1-7-46(42-30-57(85-4)61(87-6)58(31-42)86-5)63(79)76-26-9-8-13-51(76)65(82)90-52(22-14-39-15-23-53(83-2)56(27-39)84-3)40-11-10-12-45(28-40)88-34-59(77)72-24-25-73-62(78)41-16-19-47(64(80)81)50(29-41)60-48-20-17-43(74-35-66(68,69)36-74)32-54(48)89-55-33-44(18-21-49(55)60)75-37-67(70,71)38-75/h10-12,15-21,23,27-33,46,51-52H,7-9,13-14,22,24-26,34-38H2,1-6H3,(H2-,72,73,77,78,80,81)/t46-,51-,52+/m0/s1. The summed E-state index contributed by atoms with van der Waals surface area (Å²) >= 11 is 0. The lowest BCUT2D eigenvalue weighted by atomic mass is 9.89. The first-order valence-electron chi connectivity index (χ1n) is 29.5. The Kier molecular flexibility index (Phi) is 19.1. The fourth-order valence-electron chi connectivity index (χ4n) is 11.8. The van der Waals surface area contributed by atoms with Crippen LogP contribution in [0.3, 0.4) is 0 Å². The lowest BCUT2D eigenvalue weighted by Gasteiger charge is -2.40. The molecule has 5 aromatic rings. The molecule has 0 aromatic heterocycles. The van der Waals surface area contributed by atoms with Crippen LogP contribution in [0.4, 0.5) is 23.2 Å². The second-order valence-corrected chi connectivity index (χ2v) is 22.4. The number of halogens is 4. The molecule has 0 unspecified atom stereocenters. The number of alkyl halides is 4. The maximum Gasteiger partial charge on any atom is 0.361 e. The van der Waals surface area contributed by atoms with E-state index in [0.29, 0.717) is 118 Å². The summed E-state index contributed by atoms with van der Waals surface area (Å²) in [6.07, 6.45) is 2.08. The summed E-state index contributed by atoms with van der Waals surface area (Å²) < 4.78 is 104. The maximum atomic E-state index is 14.6. The highest BCUT2D eigenvalue weighted by Crippen LogP contribution is 2.45. The number of carbonyl (C=O) groups excluding carboxylic acids is 5. The number of hydrogen-bond acceptors (Lipinski definition) is 15. The number of anilines is 1. The lowest BCUT2D eigenvalue weighted by molar-refractivity contribution is -0.255. The van der Waals surface area contributed by atoms with E-state index in [-0.39, 0.29) is 47.0 Å². The number of carboxylic acid groups (broad SMARTS) is 1. The Labute approximate surface area is 516 Å². The molecule has 0 radical (unpaired) electrons. The first-order chi connectivity index (χ1) is 43.2. The lowest BCUT2D eigenvalue weighted by Crippen LogP contribution is -2.57. The molecule has 1 aliphatic carbocycles. The summed E-state index contributed by atoms with van der Waals surface area (Å²) in [6, 6.07) is 28.4. The van der Waals surface area contributed by atoms with Crippen LogP contribution in [0.1, 0.15) is 88.5 Å². The zero-order valence-corrected chi connectivity index (χ0v) is 50.6. The smallest absolute Gasteiger partial charge is 0.361 e. The third-order valence-corrected chi connectivity index (χ3v) is 16.5. The number of carbonyl (C=O) groups is 5. The monoisotopic (exact) mass is 1240 g/mol. The molecule has 3 fully saturated rings. The number of piperidine rings is 1. The Morgan fingerprint density at radius 1 is 0.733 bits per heavy atom. The van der Waals surface area contributed by atoms with Crippen LogP contribution in [-0.4, -0.2) is 140 Å². The minimum absolute atomic E-state index is 0.0413. The largest absolute Gasteiger partial charge is 0.545 e. The van der Waals surface area contributed by atoms with Crippen molar-refractivity contribution in [2.24, 2.45) is 0 Å². The predicted molar refractivity (Wildman–Crippen MR) is 322 cm³/mol. The van der Waals surface area contributed by atoms with Crippen molar-refractivity contribution in [2.75, 3.05) is 92.9 Å². The molecule has 3 amide bonds. The van der Waals surface area contributed by atoms with E-state index in [4.69, 9.17) is 37.6 Å². The summed E-state index contributed by atoms with van der Waals surface area (Å²) in [4.78, 5) is 72.1. The third-order valence-electron chi connectivity index (χ3n) is 16.5. The highest BCUT2D eigenvalue weighted by atomic mass is 19.3. The number of methoxy groups -OCH3 is 5. The van der Waals surface area contributed by atoms with Gasteiger partial charge in [-0.2, -0.15) is 8.78 Å². The van der Waals surface area contributed by atoms with Crippen LogP contribution in [0.15, 0.2) is 114 Å². The number of hydrogen-bond donors (Lipinski definition) is 2. The van der Waals surface area contributed by atoms with Crippen LogP contribution >= 0.6 is 0 Å². The van der Waals surface area contributed by atoms with Crippen LogP contribution in [0.2, 0.25) is 0 Å². The van der Waals surface area contributed by atoms with Crippen LogP contribution in [0.25, 0.3) is 33.4 Å². The minimum Gasteiger partial charge on any atom is -0.545 e. The molecule has 0 saturated carbocycles. The molecule has 2 N–H and O–H groups in total. The molecule has 4 heterocycles. The molecule has 474 valence electrons. The predicted octanol–water partition coefficient (Wildman–Crippen LogP) is 8.20. The van der Waals surface area contributed by atoms with Gasteiger partial charge in [0.15, 0.2) is 29.6 Å². The summed E-state index contributed by atoms with van der Waals surface area (Å²) in [5.41, 5.74) is 3.19. The zero-order valence-electron chi connectivity index (χ0n) is 50.6. The van der Waals surface area contributed by atoms with E-state index in [1.807, 2.05) is 19.1 Å². The van der Waals surface area contributed by atoms with Crippen molar-refractivity contribution < 1.29 is 84.2 Å². The van der Waals surface area contributed by atoms with E-state index in [9.17, 15) is 46.6 Å². The van der Waals surface area contributed by atoms with Gasteiger partial charge in [0.25, 0.3) is 17.7 Å². The number of ether oxygens (including phenoxy) is 7. The molecule has 90 heavy (non-hydrogen) atoms. The van der Waals surface area contributed by atoms with Gasteiger partial charge in [-0.05, 0) is 128 Å². The number of carboxylic acids is 1. The van der Waals surface area contributed by atoms with Crippen molar-refractivity contribution in [1.29, 1.82) is 0 Å². The van der Waals surface area contributed by atoms with Crippen LogP contribution in [0.5, 0.6) is 34.5 Å². The van der Waals surface area contributed by atoms with Crippen molar-refractivity contribution in [3.63, 3.8) is 0 Å². The van der Waals surface area contributed by atoms with Gasteiger partial charge in [0.2, 0.25) is 30.1 Å². The fourth-order valence-corrected chi connectivity index (χ4v) is 11.8. The van der Waals surface area contributed by atoms with Gasteiger partial charge < -0.3 is 67.9 Å². The van der Waals surface area contributed by atoms with Crippen LogP contribution in [0, 0.1) is 0 Å². The van der Waals surface area contributed by atoms with E-state index < -0.39 is 86.4 Å². The molecular weight excluding hydrogens is 1170 g/mol. The molecule has 3 saturated heterocycles. The molecule has 23 heteroatoms. The van der Waals surface area contributed by atoms with Crippen LogP contribution < -0.4 is 59.0 Å². The van der Waals surface area contributed by atoms with Gasteiger partial charge in [-0.3, -0.25) is 14.4 Å². The van der Waals surface area contributed by atoms with E-state index in [1.54, 1.807) is 90.9 Å². The van der Waals surface area contributed by atoms with Crippen molar-refractivity contribution in [3.8, 4) is 56.9 Å². The van der Waals surface area contributed by atoms with Gasteiger partial charge in [-0.1, -0.05) is 31.2 Å². The molecule has 5 aliphatic rings. The Balaban J connectivity index is 0.818. The zero-order chi connectivity index (χ0) is 64.0. The van der Waals surface area contributed by atoms with Gasteiger partial charge >= 0.3 is 11.9 Å². The van der Waals surface area contributed by atoms with Crippen LogP contribution in [-0.2, 0) is 25.5 Å². The number of amides is 3. The normalized spacial score (nSPS) is 16.4. The maximum absolute atomic E-state index is 14.6. The van der Waals surface area contributed by atoms with E-state index in [0.717, 1.165) is 5.56 Å². The highest BCUT2D eigenvalue weighted by molar-refractivity contribution is 6.09. The van der Waals surface area contributed by atoms with Gasteiger partial charge in [0, 0.05) is 65.1 Å². The number of likely N-dealkylation sites (tertiary alicyclic amines) is 1. The topological polar surface area (TPSA) is 220 Å². The number of esters is 1. The number of aryl methyl sites for hydroxylation is 1. The van der Waals surface area contributed by atoms with Gasteiger partial charge in [0.1, 0.15) is 29.2 Å². The quantitative estimate of drug-likeness (QED) is 0.0191. The van der Waals surface area contributed by atoms with Crippen molar-refractivity contribution in [3.05, 3.63) is 142 Å². The summed E-state index contributed by atoms with van der Waals surface area (Å²) in [7, 11) is 7.59. The molecule has 10 rings (SSSR count). The minimum atomic E-state index is -2.88. The van der Waals surface area contributed by atoms with Gasteiger partial charge in [-0.25, -0.2) is 18.2 Å². The van der Waals surface area contributed by atoms with E-state index >= 15 is 0 Å². The number of nitrogens with one attached hydrogen (secondary N) is 2. The fraction of sp³-hybridized carbons (Fsp3) is 0.373. The number of fused-ring (bicyclic) bond motifs is 2. The Morgan fingerprint density at radius 3 is 2.14 bits per heavy atom. The Hall–Kier alpha value is -9.54. The molecular formula is C67H69F4N5O14. The summed E-state index contributed by atoms with van der Waals surface area (Å²) in [5, 5.41) is 19.0. The average molecular weight is 1240 g/mol. The average Bonchev–Trinajstić information content (AvgIpc) is 0.746. The molecule has 0 spiro atoms.